The smallest absolute Gasteiger partial charge is 0.346 e. The minimum atomic E-state index is -0.597. The van der Waals surface area contributed by atoms with Gasteiger partial charge in [-0.05, 0) is 23.6 Å². The van der Waals surface area contributed by atoms with Crippen molar-refractivity contribution in [1.29, 1.82) is 0 Å². The van der Waals surface area contributed by atoms with Gasteiger partial charge in [-0.3, -0.25) is 0 Å². The monoisotopic (exact) mass is 346 g/mol. The lowest BCUT2D eigenvalue weighted by Crippen LogP contribution is -2.09. The highest BCUT2D eigenvalue weighted by Gasteiger charge is 2.21. The van der Waals surface area contributed by atoms with Crippen LogP contribution < -0.4 is 9.47 Å². The van der Waals surface area contributed by atoms with Crippen LogP contribution in [0.2, 0.25) is 0 Å². The third-order valence-corrected chi connectivity index (χ3v) is 4.03. The van der Waals surface area contributed by atoms with Crippen molar-refractivity contribution in [2.45, 2.75) is 6.61 Å². The molecule has 0 saturated carbocycles. The van der Waals surface area contributed by atoms with E-state index in [1.165, 1.54) is 25.6 Å². The Kier molecular flexibility index (Phi) is 4.76. The third kappa shape index (κ3) is 3.23. The molecule has 0 spiro atoms. The largest absolute Gasteiger partial charge is 0.496 e. The number of hydrogen-bond donors (Lipinski definition) is 0. The summed E-state index contributed by atoms with van der Waals surface area (Å²) in [5.74, 6) is 0.806. The Hall–Kier alpha value is -2.87. The second kappa shape index (κ2) is 7.14. The van der Waals surface area contributed by atoms with Crippen molar-refractivity contribution in [3.05, 3.63) is 47.2 Å². The summed E-state index contributed by atoms with van der Waals surface area (Å²) in [7, 11) is 2.94. The van der Waals surface area contributed by atoms with Crippen molar-refractivity contribution in [2.75, 3.05) is 14.2 Å². The van der Waals surface area contributed by atoms with Crippen LogP contribution >= 0.6 is 11.3 Å². The topological polar surface area (TPSA) is 83.7 Å². The van der Waals surface area contributed by atoms with Crippen molar-refractivity contribution < 1.29 is 23.5 Å². The SMILES string of the molecule is COc1cccc(OC)c1C(=O)OCc1nc(-c2cccs2)no1. The molecule has 24 heavy (non-hydrogen) atoms. The molecular formula is C16H14N2O5S. The Balaban J connectivity index is 1.72. The number of esters is 1. The molecule has 7 nitrogen and oxygen atoms in total. The van der Waals surface area contributed by atoms with Gasteiger partial charge in [0.15, 0.2) is 6.61 Å². The lowest BCUT2D eigenvalue weighted by atomic mass is 10.2. The van der Waals surface area contributed by atoms with Gasteiger partial charge in [0.2, 0.25) is 5.82 Å². The maximum Gasteiger partial charge on any atom is 0.346 e. The van der Waals surface area contributed by atoms with Crippen LogP contribution in [0, 0.1) is 0 Å². The van der Waals surface area contributed by atoms with Gasteiger partial charge in [0.1, 0.15) is 17.1 Å². The fourth-order valence-corrected chi connectivity index (χ4v) is 2.72. The summed E-state index contributed by atoms with van der Waals surface area (Å²) >= 11 is 1.49. The van der Waals surface area contributed by atoms with Gasteiger partial charge in [0.05, 0.1) is 19.1 Å². The van der Waals surface area contributed by atoms with Crippen LogP contribution in [0.25, 0.3) is 10.7 Å². The highest BCUT2D eigenvalue weighted by atomic mass is 32.1. The van der Waals surface area contributed by atoms with Gasteiger partial charge in [-0.1, -0.05) is 17.3 Å². The number of ether oxygens (including phenoxy) is 3. The molecule has 124 valence electrons. The van der Waals surface area contributed by atoms with Gasteiger partial charge in [-0.25, -0.2) is 4.79 Å². The second-order valence-electron chi connectivity index (χ2n) is 4.60. The van der Waals surface area contributed by atoms with Crippen molar-refractivity contribution >= 4 is 17.3 Å². The lowest BCUT2D eigenvalue weighted by Gasteiger charge is -2.11. The van der Waals surface area contributed by atoms with E-state index in [2.05, 4.69) is 10.1 Å². The summed E-state index contributed by atoms with van der Waals surface area (Å²) in [6.07, 6.45) is 0. The molecule has 0 radical (unpaired) electrons. The molecule has 0 unspecified atom stereocenters. The minimum absolute atomic E-state index is 0.140. The van der Waals surface area contributed by atoms with E-state index in [0.29, 0.717) is 17.3 Å². The Morgan fingerprint density at radius 3 is 2.54 bits per heavy atom. The molecule has 8 heteroatoms. The van der Waals surface area contributed by atoms with Crippen LogP contribution in [-0.4, -0.2) is 30.3 Å². The molecule has 0 fully saturated rings. The number of carbonyl (C=O) groups excluding carboxylic acids is 1. The molecule has 2 aromatic heterocycles. The first-order valence-corrected chi connectivity index (χ1v) is 7.85. The highest BCUT2D eigenvalue weighted by molar-refractivity contribution is 7.13. The first-order valence-electron chi connectivity index (χ1n) is 6.97. The molecule has 0 aliphatic heterocycles. The number of methoxy groups -OCH3 is 2. The second-order valence-corrected chi connectivity index (χ2v) is 5.55. The van der Waals surface area contributed by atoms with Gasteiger partial charge >= 0.3 is 5.97 Å². The normalized spacial score (nSPS) is 10.4. The lowest BCUT2D eigenvalue weighted by molar-refractivity contribution is 0.0422. The molecule has 0 amide bonds. The van der Waals surface area contributed by atoms with Crippen LogP contribution in [0.5, 0.6) is 11.5 Å². The van der Waals surface area contributed by atoms with Crippen LogP contribution in [0.15, 0.2) is 40.2 Å². The number of thiophene rings is 1. The Morgan fingerprint density at radius 2 is 1.92 bits per heavy atom. The Bertz CT molecular complexity index is 807. The summed E-state index contributed by atoms with van der Waals surface area (Å²) < 4.78 is 20.7. The van der Waals surface area contributed by atoms with Gasteiger partial charge in [-0.15, -0.1) is 11.3 Å². The summed E-state index contributed by atoms with van der Waals surface area (Å²) in [5, 5.41) is 5.78. The van der Waals surface area contributed by atoms with E-state index in [1.807, 2.05) is 17.5 Å². The molecular weight excluding hydrogens is 332 g/mol. The number of hydrogen-bond acceptors (Lipinski definition) is 8. The Morgan fingerprint density at radius 1 is 1.17 bits per heavy atom. The molecule has 0 bridgehead atoms. The van der Waals surface area contributed by atoms with Crippen LogP contribution in [0.4, 0.5) is 0 Å². The summed E-state index contributed by atoms with van der Waals surface area (Å²) in [4.78, 5) is 17.4. The molecule has 3 aromatic rings. The zero-order chi connectivity index (χ0) is 16.9. The average Bonchev–Trinajstić information content (AvgIpc) is 3.29. The van der Waals surface area contributed by atoms with Gasteiger partial charge < -0.3 is 18.7 Å². The quantitative estimate of drug-likeness (QED) is 0.634. The van der Waals surface area contributed by atoms with Crippen LogP contribution in [0.1, 0.15) is 16.2 Å². The fraction of sp³-hybridized carbons (Fsp3) is 0.188. The number of carbonyl (C=O) groups is 1. The molecule has 0 aliphatic carbocycles. The van der Waals surface area contributed by atoms with E-state index in [4.69, 9.17) is 18.7 Å². The molecule has 0 aliphatic rings. The van der Waals surface area contributed by atoms with E-state index < -0.39 is 5.97 Å². The predicted molar refractivity (Wildman–Crippen MR) is 86.3 cm³/mol. The number of rotatable bonds is 6. The zero-order valence-corrected chi connectivity index (χ0v) is 13.8. The fourth-order valence-electron chi connectivity index (χ4n) is 2.07. The van der Waals surface area contributed by atoms with Crippen molar-refractivity contribution in [3.63, 3.8) is 0 Å². The van der Waals surface area contributed by atoms with E-state index >= 15 is 0 Å². The first kappa shape index (κ1) is 16.0. The average molecular weight is 346 g/mol. The highest BCUT2D eigenvalue weighted by Crippen LogP contribution is 2.29. The molecule has 3 rings (SSSR count). The third-order valence-electron chi connectivity index (χ3n) is 3.17. The van der Waals surface area contributed by atoms with E-state index in [1.54, 1.807) is 18.2 Å². The summed E-state index contributed by atoms with van der Waals surface area (Å²) in [6, 6.07) is 8.80. The van der Waals surface area contributed by atoms with Gasteiger partial charge in [0, 0.05) is 0 Å². The summed E-state index contributed by atoms with van der Waals surface area (Å²) in [6.45, 7) is -0.140. The van der Waals surface area contributed by atoms with Crippen molar-refractivity contribution in [3.8, 4) is 22.2 Å². The van der Waals surface area contributed by atoms with E-state index in [0.717, 1.165) is 4.88 Å². The van der Waals surface area contributed by atoms with Crippen LogP contribution in [-0.2, 0) is 11.3 Å². The number of nitrogens with zero attached hydrogens (tertiary/aromatic N) is 2. The maximum absolute atomic E-state index is 12.3. The molecule has 0 atom stereocenters. The summed E-state index contributed by atoms with van der Waals surface area (Å²) in [5.41, 5.74) is 0.209. The van der Waals surface area contributed by atoms with Crippen molar-refractivity contribution in [2.24, 2.45) is 0 Å². The molecule has 0 saturated heterocycles. The molecule has 0 N–H and O–H groups in total. The van der Waals surface area contributed by atoms with Crippen LogP contribution in [0.3, 0.4) is 0 Å². The number of benzene rings is 1. The molecule has 2 heterocycles. The van der Waals surface area contributed by atoms with E-state index in [-0.39, 0.29) is 18.1 Å². The number of aromatic nitrogens is 2. The standard InChI is InChI=1S/C16H14N2O5S/c1-20-10-5-3-6-11(21-2)14(10)16(19)22-9-13-17-15(18-23-13)12-7-4-8-24-12/h3-8H,9H2,1-2H3. The van der Waals surface area contributed by atoms with Gasteiger partial charge in [0.25, 0.3) is 5.89 Å². The first-order chi connectivity index (χ1) is 11.7. The zero-order valence-electron chi connectivity index (χ0n) is 13.0. The van der Waals surface area contributed by atoms with Gasteiger partial charge in [-0.2, -0.15) is 4.98 Å². The maximum atomic E-state index is 12.3. The molecule has 1 aromatic carbocycles. The Labute approximate surface area is 141 Å². The van der Waals surface area contributed by atoms with E-state index in [9.17, 15) is 4.79 Å². The minimum Gasteiger partial charge on any atom is -0.496 e. The van der Waals surface area contributed by atoms with Crippen molar-refractivity contribution in [1.82, 2.24) is 10.1 Å². The predicted octanol–water partition coefficient (Wildman–Crippen LogP) is 3.17.